The number of hydrogen-bond acceptors (Lipinski definition) is 4. The first kappa shape index (κ1) is 13.2. The fourth-order valence-electron chi connectivity index (χ4n) is 1.72. The Bertz CT molecular complexity index is 640. The first-order valence-corrected chi connectivity index (χ1v) is 5.57. The number of ether oxygens (including phenoxy) is 2. The molecule has 2 aromatic rings. The third kappa shape index (κ3) is 2.79. The van der Waals surface area contributed by atoms with Gasteiger partial charge in [-0.15, -0.1) is 0 Å². The lowest BCUT2D eigenvalue weighted by molar-refractivity contribution is 0.177. The second kappa shape index (κ2) is 5.62. The van der Waals surface area contributed by atoms with Crippen molar-refractivity contribution in [1.82, 2.24) is 9.97 Å². The summed E-state index contributed by atoms with van der Waals surface area (Å²) in [5, 5.41) is 0. The molecule has 0 amide bonds. The van der Waals surface area contributed by atoms with E-state index >= 15 is 0 Å². The van der Waals surface area contributed by atoms with E-state index in [4.69, 9.17) is 9.47 Å². The van der Waals surface area contributed by atoms with E-state index in [1.165, 1.54) is 32.4 Å². The zero-order chi connectivity index (χ0) is 13.8. The molecule has 0 aliphatic rings. The number of benzene rings is 1. The van der Waals surface area contributed by atoms with Gasteiger partial charge in [-0.3, -0.25) is 4.79 Å². The summed E-state index contributed by atoms with van der Waals surface area (Å²) in [7, 11) is 2.86. The van der Waals surface area contributed by atoms with E-state index in [1.54, 1.807) is 6.07 Å². The number of hydrogen-bond donors (Lipinski definition) is 1. The van der Waals surface area contributed by atoms with Crippen molar-refractivity contribution in [1.29, 1.82) is 0 Å². The first-order chi connectivity index (χ1) is 9.15. The summed E-state index contributed by atoms with van der Waals surface area (Å²) in [6.45, 7) is 0.147. The van der Waals surface area contributed by atoms with Crippen LogP contribution in [0.5, 0.6) is 5.75 Å². The molecule has 0 aliphatic carbocycles. The van der Waals surface area contributed by atoms with Gasteiger partial charge in [0.25, 0.3) is 5.56 Å². The van der Waals surface area contributed by atoms with E-state index in [0.717, 1.165) is 0 Å². The summed E-state index contributed by atoms with van der Waals surface area (Å²) < 4.78 is 23.9. The van der Waals surface area contributed by atoms with Crippen molar-refractivity contribution in [2.24, 2.45) is 0 Å². The normalized spacial score (nSPS) is 10.5. The zero-order valence-corrected chi connectivity index (χ0v) is 10.6. The number of nitrogens with zero attached hydrogens (tertiary/aromatic N) is 1. The van der Waals surface area contributed by atoms with Gasteiger partial charge in [-0.05, 0) is 12.1 Å². The summed E-state index contributed by atoms with van der Waals surface area (Å²) >= 11 is 0. The number of aromatic amines is 1. The van der Waals surface area contributed by atoms with Crippen molar-refractivity contribution in [2.75, 3.05) is 14.2 Å². The van der Waals surface area contributed by atoms with Crippen LogP contribution in [0.3, 0.4) is 0 Å². The van der Waals surface area contributed by atoms with E-state index in [-0.39, 0.29) is 29.2 Å². The van der Waals surface area contributed by atoms with E-state index in [2.05, 4.69) is 9.97 Å². The highest BCUT2D eigenvalue weighted by molar-refractivity contribution is 5.62. The number of halogens is 1. The molecule has 1 aromatic carbocycles. The van der Waals surface area contributed by atoms with E-state index in [0.29, 0.717) is 5.82 Å². The molecular formula is C13H13FN2O3. The lowest BCUT2D eigenvalue weighted by Gasteiger charge is -2.07. The first-order valence-electron chi connectivity index (χ1n) is 5.57. The monoisotopic (exact) mass is 264 g/mol. The van der Waals surface area contributed by atoms with Gasteiger partial charge in [0.15, 0.2) is 11.6 Å². The van der Waals surface area contributed by atoms with Crippen LogP contribution in [-0.4, -0.2) is 24.2 Å². The molecule has 6 heteroatoms. The standard InChI is InChI=1S/C13H13FN2O3/c1-18-7-11-15-9(6-12(17)16-11)8-4-3-5-10(19-2)13(8)14/h3-6H,7H2,1-2H3,(H,15,16,17). The summed E-state index contributed by atoms with van der Waals surface area (Å²) in [6, 6.07) is 5.91. The van der Waals surface area contributed by atoms with Crippen LogP contribution < -0.4 is 10.3 Å². The average Bonchev–Trinajstić information content (AvgIpc) is 2.38. The minimum atomic E-state index is -0.550. The van der Waals surface area contributed by atoms with Gasteiger partial charge in [0.1, 0.15) is 12.4 Å². The molecule has 2 rings (SSSR count). The van der Waals surface area contributed by atoms with Crippen molar-refractivity contribution in [3.05, 3.63) is 46.3 Å². The number of nitrogens with one attached hydrogen (secondary N) is 1. The minimum Gasteiger partial charge on any atom is -0.494 e. The molecule has 0 aliphatic heterocycles. The van der Waals surface area contributed by atoms with E-state index < -0.39 is 5.82 Å². The average molecular weight is 264 g/mol. The van der Waals surface area contributed by atoms with Gasteiger partial charge in [0, 0.05) is 18.7 Å². The van der Waals surface area contributed by atoms with Crippen molar-refractivity contribution in [2.45, 2.75) is 6.61 Å². The Morgan fingerprint density at radius 3 is 2.84 bits per heavy atom. The highest BCUT2D eigenvalue weighted by atomic mass is 19.1. The Morgan fingerprint density at radius 2 is 2.16 bits per heavy atom. The van der Waals surface area contributed by atoms with Crippen LogP contribution in [-0.2, 0) is 11.3 Å². The maximum Gasteiger partial charge on any atom is 0.251 e. The molecular weight excluding hydrogens is 251 g/mol. The van der Waals surface area contributed by atoms with Crippen LogP contribution in [0.15, 0.2) is 29.1 Å². The maximum atomic E-state index is 14.1. The fraction of sp³-hybridized carbons (Fsp3) is 0.231. The molecule has 100 valence electrons. The Balaban J connectivity index is 2.55. The van der Waals surface area contributed by atoms with Crippen LogP contribution in [0.4, 0.5) is 4.39 Å². The van der Waals surface area contributed by atoms with Crippen molar-refractivity contribution in [3.8, 4) is 17.0 Å². The third-order valence-corrected chi connectivity index (χ3v) is 2.53. The Hall–Kier alpha value is -2.21. The van der Waals surface area contributed by atoms with Gasteiger partial charge in [0.05, 0.1) is 12.8 Å². The lowest BCUT2D eigenvalue weighted by atomic mass is 10.1. The molecule has 5 nitrogen and oxygen atoms in total. The van der Waals surface area contributed by atoms with Crippen LogP contribution in [0.25, 0.3) is 11.3 Å². The number of rotatable bonds is 4. The predicted molar refractivity (Wildman–Crippen MR) is 67.5 cm³/mol. The highest BCUT2D eigenvalue weighted by Gasteiger charge is 2.12. The van der Waals surface area contributed by atoms with Crippen LogP contribution in [0.2, 0.25) is 0 Å². The van der Waals surface area contributed by atoms with Gasteiger partial charge < -0.3 is 14.5 Å². The maximum absolute atomic E-state index is 14.1. The largest absolute Gasteiger partial charge is 0.494 e. The summed E-state index contributed by atoms with van der Waals surface area (Å²) in [6.07, 6.45) is 0. The van der Waals surface area contributed by atoms with E-state index in [1.807, 2.05) is 0 Å². The molecule has 0 radical (unpaired) electrons. The smallest absolute Gasteiger partial charge is 0.251 e. The molecule has 19 heavy (non-hydrogen) atoms. The van der Waals surface area contributed by atoms with Crippen molar-refractivity contribution >= 4 is 0 Å². The molecule has 0 fully saturated rings. The Labute approximate surface area is 109 Å². The fourth-order valence-corrected chi connectivity index (χ4v) is 1.72. The number of aromatic nitrogens is 2. The molecule has 1 aromatic heterocycles. The predicted octanol–water partition coefficient (Wildman–Crippen LogP) is 1.73. The molecule has 0 atom stereocenters. The third-order valence-electron chi connectivity index (χ3n) is 2.53. The Morgan fingerprint density at radius 1 is 1.37 bits per heavy atom. The van der Waals surface area contributed by atoms with Gasteiger partial charge >= 0.3 is 0 Å². The van der Waals surface area contributed by atoms with Gasteiger partial charge in [-0.2, -0.15) is 0 Å². The van der Waals surface area contributed by atoms with E-state index in [9.17, 15) is 9.18 Å². The lowest BCUT2D eigenvalue weighted by Crippen LogP contribution is -2.12. The molecule has 0 spiro atoms. The SMILES string of the molecule is COCc1nc(-c2cccc(OC)c2F)cc(=O)[nH]1. The summed E-state index contributed by atoms with van der Waals surface area (Å²) in [5.74, 6) is -0.105. The van der Waals surface area contributed by atoms with Gasteiger partial charge in [-0.1, -0.05) is 6.07 Å². The van der Waals surface area contributed by atoms with Crippen LogP contribution in [0, 0.1) is 5.82 Å². The van der Waals surface area contributed by atoms with Crippen molar-refractivity contribution in [3.63, 3.8) is 0 Å². The van der Waals surface area contributed by atoms with Crippen LogP contribution >= 0.6 is 0 Å². The summed E-state index contributed by atoms with van der Waals surface area (Å²) in [5.41, 5.74) is 0.0919. The second-order valence-electron chi connectivity index (χ2n) is 3.83. The quantitative estimate of drug-likeness (QED) is 0.913. The molecule has 0 unspecified atom stereocenters. The molecule has 0 saturated heterocycles. The Kier molecular flexibility index (Phi) is 3.91. The van der Waals surface area contributed by atoms with Gasteiger partial charge in [0.2, 0.25) is 0 Å². The molecule has 1 N–H and O–H groups in total. The van der Waals surface area contributed by atoms with Gasteiger partial charge in [-0.25, -0.2) is 9.37 Å². The van der Waals surface area contributed by atoms with Crippen molar-refractivity contribution < 1.29 is 13.9 Å². The molecule has 0 bridgehead atoms. The highest BCUT2D eigenvalue weighted by Crippen LogP contribution is 2.26. The molecule has 0 saturated carbocycles. The molecule has 1 heterocycles. The van der Waals surface area contributed by atoms with Crippen LogP contribution in [0.1, 0.15) is 5.82 Å². The topological polar surface area (TPSA) is 64.2 Å². The number of H-pyrrole nitrogens is 1. The second-order valence-corrected chi connectivity index (χ2v) is 3.83. The zero-order valence-electron chi connectivity index (χ0n) is 10.6. The minimum absolute atomic E-state index is 0.105. The summed E-state index contributed by atoms with van der Waals surface area (Å²) in [4.78, 5) is 18.2. The number of methoxy groups -OCH3 is 2.